The number of alkyl halides is 2. The van der Waals surface area contributed by atoms with Gasteiger partial charge in [-0.2, -0.15) is 0 Å². The minimum absolute atomic E-state index is 0.386. The van der Waals surface area contributed by atoms with Crippen molar-refractivity contribution in [1.29, 1.82) is 0 Å². The van der Waals surface area contributed by atoms with Crippen molar-refractivity contribution in [2.45, 2.75) is 36.5 Å². The highest BCUT2D eigenvalue weighted by atomic mass is 79.9. The van der Waals surface area contributed by atoms with E-state index in [4.69, 9.17) is 4.74 Å². The predicted molar refractivity (Wildman–Crippen MR) is 52.0 cm³/mol. The van der Waals surface area contributed by atoms with Crippen LogP contribution < -0.4 is 0 Å². The summed E-state index contributed by atoms with van der Waals surface area (Å²) >= 11 is 6.84. The van der Waals surface area contributed by atoms with Crippen LogP contribution in [0.15, 0.2) is 0 Å². The Kier molecular flexibility index (Phi) is 7.23. The molecule has 1 unspecified atom stereocenters. The maximum atomic E-state index is 5.44. The van der Waals surface area contributed by atoms with E-state index in [0.29, 0.717) is 9.84 Å². The highest BCUT2D eigenvalue weighted by molar-refractivity contribution is 9.24. The standard InChI is InChI=1S/C7H14Br2O/c1-3-6(10-4-2)5-7(8)9/h6-7H,3-5H2,1-2H3. The lowest BCUT2D eigenvalue weighted by atomic mass is 10.2. The number of hydrogen-bond acceptors (Lipinski definition) is 1. The molecular formula is C7H14Br2O. The average molecular weight is 274 g/mol. The molecule has 0 amide bonds. The van der Waals surface area contributed by atoms with Gasteiger partial charge in [-0.3, -0.25) is 0 Å². The Hall–Kier alpha value is 0.920. The van der Waals surface area contributed by atoms with E-state index < -0.39 is 0 Å². The van der Waals surface area contributed by atoms with Gasteiger partial charge < -0.3 is 4.74 Å². The van der Waals surface area contributed by atoms with Gasteiger partial charge >= 0.3 is 0 Å². The third-order valence-corrected chi connectivity index (χ3v) is 2.05. The Balaban J connectivity index is 3.39. The molecule has 0 aromatic rings. The van der Waals surface area contributed by atoms with Crippen LogP contribution in [0.3, 0.4) is 0 Å². The Labute approximate surface area is 79.8 Å². The lowest BCUT2D eigenvalue weighted by Crippen LogP contribution is -2.13. The third-order valence-electron chi connectivity index (χ3n) is 1.30. The molecule has 0 fully saturated rings. The molecule has 62 valence electrons. The van der Waals surface area contributed by atoms with Crippen LogP contribution in [-0.4, -0.2) is 16.4 Å². The molecular weight excluding hydrogens is 260 g/mol. The van der Waals surface area contributed by atoms with Crippen molar-refractivity contribution in [3.8, 4) is 0 Å². The van der Waals surface area contributed by atoms with E-state index in [1.54, 1.807) is 0 Å². The maximum absolute atomic E-state index is 5.44. The van der Waals surface area contributed by atoms with Crippen LogP contribution in [0.5, 0.6) is 0 Å². The first-order valence-electron chi connectivity index (χ1n) is 3.60. The SMILES string of the molecule is CCOC(CC)CC(Br)Br. The molecule has 0 saturated carbocycles. The second-order valence-corrected chi connectivity index (χ2v) is 5.55. The van der Waals surface area contributed by atoms with E-state index in [1.807, 2.05) is 6.92 Å². The summed E-state index contributed by atoms with van der Waals surface area (Å²) in [5.41, 5.74) is 0. The molecule has 0 saturated heterocycles. The zero-order valence-electron chi connectivity index (χ0n) is 6.44. The maximum Gasteiger partial charge on any atom is 0.0722 e. The Morgan fingerprint density at radius 2 is 1.90 bits per heavy atom. The van der Waals surface area contributed by atoms with Gasteiger partial charge in [-0.05, 0) is 19.8 Å². The van der Waals surface area contributed by atoms with E-state index in [2.05, 4.69) is 38.8 Å². The van der Waals surface area contributed by atoms with Gasteiger partial charge in [0.1, 0.15) is 0 Å². The van der Waals surface area contributed by atoms with E-state index in [1.165, 1.54) is 0 Å². The zero-order valence-corrected chi connectivity index (χ0v) is 9.61. The molecule has 1 atom stereocenters. The van der Waals surface area contributed by atoms with Gasteiger partial charge in [-0.25, -0.2) is 0 Å². The first kappa shape index (κ1) is 10.9. The normalized spacial score (nSPS) is 14.1. The summed E-state index contributed by atoms with van der Waals surface area (Å²) in [7, 11) is 0. The van der Waals surface area contributed by atoms with Crippen LogP contribution in [0.25, 0.3) is 0 Å². The summed E-state index contributed by atoms with van der Waals surface area (Å²) in [4.78, 5) is 0. The average Bonchev–Trinajstić information content (AvgIpc) is 1.86. The van der Waals surface area contributed by atoms with E-state index in [0.717, 1.165) is 19.4 Å². The van der Waals surface area contributed by atoms with Crippen molar-refractivity contribution >= 4 is 31.9 Å². The molecule has 0 aromatic carbocycles. The summed E-state index contributed by atoms with van der Waals surface area (Å²) in [6.45, 7) is 4.98. The highest BCUT2D eigenvalue weighted by Gasteiger charge is 2.09. The monoisotopic (exact) mass is 272 g/mol. The van der Waals surface area contributed by atoms with Crippen LogP contribution >= 0.6 is 31.9 Å². The molecule has 0 aliphatic heterocycles. The smallest absolute Gasteiger partial charge is 0.0722 e. The van der Waals surface area contributed by atoms with Crippen LogP contribution in [0.1, 0.15) is 26.7 Å². The molecule has 0 aromatic heterocycles. The van der Waals surface area contributed by atoms with Crippen molar-refractivity contribution in [2.75, 3.05) is 6.61 Å². The Morgan fingerprint density at radius 1 is 1.30 bits per heavy atom. The van der Waals surface area contributed by atoms with Gasteiger partial charge in [-0.15, -0.1) is 0 Å². The topological polar surface area (TPSA) is 9.23 Å². The van der Waals surface area contributed by atoms with Crippen LogP contribution in [0.2, 0.25) is 0 Å². The molecule has 1 nitrogen and oxygen atoms in total. The van der Waals surface area contributed by atoms with Crippen molar-refractivity contribution in [3.63, 3.8) is 0 Å². The minimum Gasteiger partial charge on any atom is -0.378 e. The third kappa shape index (κ3) is 5.69. The van der Waals surface area contributed by atoms with Crippen LogP contribution in [0, 0.1) is 0 Å². The van der Waals surface area contributed by atoms with E-state index >= 15 is 0 Å². The van der Waals surface area contributed by atoms with Crippen molar-refractivity contribution < 1.29 is 4.74 Å². The Bertz CT molecular complexity index is 76.0. The first-order chi connectivity index (χ1) is 4.70. The summed E-state index contributed by atoms with van der Waals surface area (Å²) in [6, 6.07) is 0. The number of hydrogen-bond donors (Lipinski definition) is 0. The molecule has 0 aliphatic rings. The number of halogens is 2. The van der Waals surface area contributed by atoms with Gasteiger partial charge in [0.15, 0.2) is 0 Å². The molecule has 10 heavy (non-hydrogen) atoms. The van der Waals surface area contributed by atoms with Gasteiger partial charge in [0.2, 0.25) is 0 Å². The lowest BCUT2D eigenvalue weighted by Gasteiger charge is -2.14. The fourth-order valence-corrected chi connectivity index (χ4v) is 1.62. The number of ether oxygens (including phenoxy) is 1. The van der Waals surface area contributed by atoms with E-state index in [-0.39, 0.29) is 0 Å². The first-order valence-corrected chi connectivity index (χ1v) is 5.43. The molecule has 0 bridgehead atoms. The quantitative estimate of drug-likeness (QED) is 0.699. The molecule has 3 heteroatoms. The molecule has 0 heterocycles. The minimum atomic E-state index is 0.386. The summed E-state index contributed by atoms with van der Waals surface area (Å²) in [5, 5.41) is 0. The summed E-state index contributed by atoms with van der Waals surface area (Å²) < 4.78 is 5.83. The van der Waals surface area contributed by atoms with Gasteiger partial charge in [-0.1, -0.05) is 38.8 Å². The lowest BCUT2D eigenvalue weighted by molar-refractivity contribution is 0.0578. The molecule has 0 radical (unpaired) electrons. The van der Waals surface area contributed by atoms with Crippen molar-refractivity contribution in [2.24, 2.45) is 0 Å². The second-order valence-electron chi connectivity index (χ2n) is 2.11. The van der Waals surface area contributed by atoms with Crippen LogP contribution in [-0.2, 0) is 4.74 Å². The fourth-order valence-electron chi connectivity index (χ4n) is 0.787. The fraction of sp³-hybridized carbons (Fsp3) is 1.00. The number of rotatable bonds is 5. The highest BCUT2D eigenvalue weighted by Crippen LogP contribution is 2.18. The largest absolute Gasteiger partial charge is 0.378 e. The second kappa shape index (κ2) is 6.62. The Morgan fingerprint density at radius 3 is 2.20 bits per heavy atom. The van der Waals surface area contributed by atoms with Crippen molar-refractivity contribution in [1.82, 2.24) is 0 Å². The molecule has 0 aliphatic carbocycles. The summed E-state index contributed by atoms with van der Waals surface area (Å²) in [6.07, 6.45) is 2.51. The predicted octanol–water partition coefficient (Wildman–Crippen LogP) is 3.31. The van der Waals surface area contributed by atoms with Crippen LogP contribution in [0.4, 0.5) is 0 Å². The zero-order chi connectivity index (χ0) is 7.98. The van der Waals surface area contributed by atoms with Crippen molar-refractivity contribution in [3.05, 3.63) is 0 Å². The molecule has 0 rings (SSSR count). The van der Waals surface area contributed by atoms with Gasteiger partial charge in [0, 0.05) is 6.61 Å². The van der Waals surface area contributed by atoms with E-state index in [9.17, 15) is 0 Å². The summed E-state index contributed by atoms with van der Waals surface area (Å²) in [5.74, 6) is 0. The molecule has 0 N–H and O–H groups in total. The molecule has 0 spiro atoms. The van der Waals surface area contributed by atoms with Gasteiger partial charge in [0.25, 0.3) is 0 Å². The van der Waals surface area contributed by atoms with Gasteiger partial charge in [0.05, 0.1) is 9.84 Å².